The maximum atomic E-state index is 12.7. The lowest BCUT2D eigenvalue weighted by Crippen LogP contribution is -2.42. The van der Waals surface area contributed by atoms with Crippen molar-refractivity contribution in [2.24, 2.45) is 0 Å². The fourth-order valence-corrected chi connectivity index (χ4v) is 3.52. The molecule has 1 amide bonds. The molecule has 3 rings (SSSR count). The Morgan fingerprint density at radius 3 is 2.40 bits per heavy atom. The summed E-state index contributed by atoms with van der Waals surface area (Å²) in [6.07, 6.45) is -2.80. The minimum atomic E-state index is -4.35. The lowest BCUT2D eigenvalue weighted by atomic mass is 9.90. The molecule has 1 aliphatic rings. The molecule has 0 saturated carbocycles. The van der Waals surface area contributed by atoms with Gasteiger partial charge in [0.2, 0.25) is 0 Å². The predicted molar refractivity (Wildman–Crippen MR) is 111 cm³/mol. The van der Waals surface area contributed by atoms with Gasteiger partial charge in [-0.05, 0) is 75.6 Å². The molecule has 0 bridgehead atoms. The van der Waals surface area contributed by atoms with Crippen molar-refractivity contribution >= 4 is 17.5 Å². The van der Waals surface area contributed by atoms with Crippen molar-refractivity contribution in [2.75, 3.05) is 18.4 Å². The molecule has 0 spiro atoms. The lowest BCUT2D eigenvalue weighted by molar-refractivity contribution is -0.137. The highest BCUT2D eigenvalue weighted by molar-refractivity contribution is 5.68. The quantitative estimate of drug-likeness (QED) is 0.611. The molecule has 1 atom stereocenters. The van der Waals surface area contributed by atoms with E-state index >= 15 is 0 Å². The molecule has 1 fully saturated rings. The number of anilines is 2. The number of ether oxygens (including phenoxy) is 1. The maximum Gasteiger partial charge on any atom is 0.416 e. The Bertz CT molecular complexity index is 873. The third-order valence-corrected chi connectivity index (χ3v) is 4.93. The highest BCUT2D eigenvalue weighted by Gasteiger charge is 2.30. The Hall–Kier alpha value is -2.70. The first-order chi connectivity index (χ1) is 14.0. The molecular formula is C23H27F3N2O2. The zero-order valence-corrected chi connectivity index (χ0v) is 17.4. The summed E-state index contributed by atoms with van der Waals surface area (Å²) >= 11 is 0. The largest absolute Gasteiger partial charge is 0.444 e. The molecule has 0 aliphatic carbocycles. The minimum Gasteiger partial charge on any atom is -0.444 e. The van der Waals surface area contributed by atoms with Crippen molar-refractivity contribution in [3.63, 3.8) is 0 Å². The minimum absolute atomic E-state index is 0.181. The topological polar surface area (TPSA) is 41.6 Å². The van der Waals surface area contributed by atoms with Crippen LogP contribution in [0.4, 0.5) is 29.3 Å². The molecule has 30 heavy (non-hydrogen) atoms. The van der Waals surface area contributed by atoms with E-state index in [1.807, 2.05) is 45.0 Å². The summed E-state index contributed by atoms with van der Waals surface area (Å²) in [7, 11) is 0. The summed E-state index contributed by atoms with van der Waals surface area (Å²) in [5.41, 5.74) is 1.25. The van der Waals surface area contributed by atoms with Crippen molar-refractivity contribution in [1.82, 2.24) is 4.90 Å². The fourth-order valence-electron chi connectivity index (χ4n) is 3.52. The van der Waals surface area contributed by atoms with Crippen LogP contribution in [0.3, 0.4) is 0 Å². The molecule has 7 heteroatoms. The molecule has 0 aromatic heterocycles. The summed E-state index contributed by atoms with van der Waals surface area (Å²) < 4.78 is 43.7. The van der Waals surface area contributed by atoms with Gasteiger partial charge in [-0.25, -0.2) is 4.79 Å². The smallest absolute Gasteiger partial charge is 0.416 e. The third kappa shape index (κ3) is 5.90. The van der Waals surface area contributed by atoms with E-state index in [9.17, 15) is 18.0 Å². The number of hydrogen-bond donors (Lipinski definition) is 1. The van der Waals surface area contributed by atoms with Gasteiger partial charge in [-0.3, -0.25) is 0 Å². The van der Waals surface area contributed by atoms with Gasteiger partial charge in [0.1, 0.15) is 5.60 Å². The molecule has 2 aromatic rings. The predicted octanol–water partition coefficient (Wildman–Crippen LogP) is 6.56. The van der Waals surface area contributed by atoms with Gasteiger partial charge in [-0.15, -0.1) is 0 Å². The van der Waals surface area contributed by atoms with Crippen LogP contribution < -0.4 is 5.32 Å². The van der Waals surface area contributed by atoms with Crippen molar-refractivity contribution < 1.29 is 22.7 Å². The summed E-state index contributed by atoms with van der Waals surface area (Å²) in [5.74, 6) is 0.181. The SMILES string of the molecule is CC(C)(C)OC(=O)N1CCC[C@@H](c2cccc(Nc3ccc(C(F)(F)F)cc3)c2)C1. The number of likely N-dealkylation sites (tertiary alicyclic amines) is 1. The van der Waals surface area contributed by atoms with Crippen LogP contribution in [0.25, 0.3) is 0 Å². The zero-order chi connectivity index (χ0) is 21.9. The molecule has 1 saturated heterocycles. The fraction of sp³-hybridized carbons (Fsp3) is 0.435. The second-order valence-corrected chi connectivity index (χ2v) is 8.59. The first kappa shape index (κ1) is 22.0. The Morgan fingerprint density at radius 2 is 1.77 bits per heavy atom. The number of alkyl halides is 3. The Morgan fingerprint density at radius 1 is 1.07 bits per heavy atom. The van der Waals surface area contributed by atoms with E-state index in [0.29, 0.717) is 18.8 Å². The second-order valence-electron chi connectivity index (χ2n) is 8.59. The van der Waals surface area contributed by atoms with E-state index < -0.39 is 17.3 Å². The molecule has 162 valence electrons. The molecular weight excluding hydrogens is 393 g/mol. The van der Waals surface area contributed by atoms with Crippen molar-refractivity contribution in [3.8, 4) is 0 Å². The first-order valence-corrected chi connectivity index (χ1v) is 10.0. The Kier molecular flexibility index (Phi) is 6.29. The number of rotatable bonds is 3. The van der Waals surface area contributed by atoms with Gasteiger partial charge in [0, 0.05) is 30.4 Å². The molecule has 4 nitrogen and oxygen atoms in total. The number of nitrogens with one attached hydrogen (secondary N) is 1. The van der Waals surface area contributed by atoms with Gasteiger partial charge in [0.15, 0.2) is 0 Å². The van der Waals surface area contributed by atoms with Crippen LogP contribution in [-0.4, -0.2) is 29.7 Å². The Balaban J connectivity index is 1.68. The van der Waals surface area contributed by atoms with E-state index in [0.717, 1.165) is 36.2 Å². The number of benzene rings is 2. The zero-order valence-electron chi connectivity index (χ0n) is 17.4. The van der Waals surface area contributed by atoms with Gasteiger partial charge in [-0.2, -0.15) is 13.2 Å². The van der Waals surface area contributed by atoms with Gasteiger partial charge in [0.05, 0.1) is 5.56 Å². The van der Waals surface area contributed by atoms with Crippen LogP contribution in [0.1, 0.15) is 50.7 Å². The van der Waals surface area contributed by atoms with Gasteiger partial charge >= 0.3 is 12.3 Å². The third-order valence-electron chi connectivity index (χ3n) is 4.93. The Labute approximate surface area is 175 Å². The average molecular weight is 420 g/mol. The van der Waals surface area contributed by atoms with E-state index in [2.05, 4.69) is 5.32 Å². The highest BCUT2D eigenvalue weighted by Crippen LogP contribution is 2.32. The van der Waals surface area contributed by atoms with E-state index in [-0.39, 0.29) is 12.0 Å². The second kappa shape index (κ2) is 8.58. The highest BCUT2D eigenvalue weighted by atomic mass is 19.4. The van der Waals surface area contributed by atoms with Crippen LogP contribution in [0.15, 0.2) is 48.5 Å². The molecule has 1 aliphatic heterocycles. The van der Waals surface area contributed by atoms with Crippen LogP contribution in [0.2, 0.25) is 0 Å². The number of hydrogen-bond acceptors (Lipinski definition) is 3. The van der Waals surface area contributed by atoms with Crippen LogP contribution >= 0.6 is 0 Å². The number of halogens is 3. The number of carbonyl (C=O) groups is 1. The first-order valence-electron chi connectivity index (χ1n) is 10.0. The van der Waals surface area contributed by atoms with E-state index in [1.165, 1.54) is 12.1 Å². The number of carbonyl (C=O) groups excluding carboxylic acids is 1. The lowest BCUT2D eigenvalue weighted by Gasteiger charge is -2.34. The van der Waals surface area contributed by atoms with Gasteiger partial charge in [0.25, 0.3) is 0 Å². The number of amides is 1. The van der Waals surface area contributed by atoms with Gasteiger partial charge < -0.3 is 15.0 Å². The number of nitrogens with zero attached hydrogens (tertiary/aromatic N) is 1. The van der Waals surface area contributed by atoms with Crippen LogP contribution in [0.5, 0.6) is 0 Å². The standard InChI is InChI=1S/C23H27F3N2O2/c1-22(2,3)30-21(29)28-13-5-7-17(15-28)16-6-4-8-20(14-16)27-19-11-9-18(10-12-19)23(24,25)26/h4,6,8-12,14,17,27H,5,7,13,15H2,1-3H3/t17-/m1/s1. The summed E-state index contributed by atoms with van der Waals surface area (Å²) in [6.45, 7) is 6.81. The molecule has 1 N–H and O–H groups in total. The molecule has 1 heterocycles. The summed E-state index contributed by atoms with van der Waals surface area (Å²) in [4.78, 5) is 14.2. The maximum absolute atomic E-state index is 12.7. The molecule has 2 aromatic carbocycles. The van der Waals surface area contributed by atoms with Crippen LogP contribution in [0, 0.1) is 0 Å². The molecule has 0 radical (unpaired) electrons. The van der Waals surface area contributed by atoms with E-state index in [4.69, 9.17) is 4.74 Å². The number of piperidine rings is 1. The average Bonchev–Trinajstić information content (AvgIpc) is 2.67. The monoisotopic (exact) mass is 420 g/mol. The van der Waals surface area contributed by atoms with Crippen molar-refractivity contribution in [3.05, 3.63) is 59.7 Å². The van der Waals surface area contributed by atoms with Crippen molar-refractivity contribution in [2.45, 2.75) is 51.3 Å². The summed E-state index contributed by atoms with van der Waals surface area (Å²) in [6, 6.07) is 12.7. The van der Waals surface area contributed by atoms with E-state index in [1.54, 1.807) is 4.90 Å². The van der Waals surface area contributed by atoms with Crippen LogP contribution in [-0.2, 0) is 10.9 Å². The molecule has 0 unspecified atom stereocenters. The normalized spacial score (nSPS) is 17.5. The van der Waals surface area contributed by atoms with Crippen molar-refractivity contribution in [1.29, 1.82) is 0 Å². The van der Waals surface area contributed by atoms with Gasteiger partial charge in [-0.1, -0.05) is 12.1 Å². The summed E-state index contributed by atoms with van der Waals surface area (Å²) in [5, 5.41) is 3.15.